The van der Waals surface area contributed by atoms with E-state index < -0.39 is 0 Å². The Morgan fingerprint density at radius 1 is 1.42 bits per heavy atom. The lowest BCUT2D eigenvalue weighted by Crippen LogP contribution is -2.39. The largest absolute Gasteiger partial charge is 0.376 e. The van der Waals surface area contributed by atoms with Gasteiger partial charge in [-0.2, -0.15) is 0 Å². The zero-order valence-electron chi connectivity index (χ0n) is 11.1. The number of benzene rings is 1. The van der Waals surface area contributed by atoms with Gasteiger partial charge in [0.05, 0.1) is 12.1 Å². The van der Waals surface area contributed by atoms with E-state index in [0.717, 1.165) is 6.61 Å². The molecule has 1 fully saturated rings. The third-order valence-corrected chi connectivity index (χ3v) is 4.78. The minimum Gasteiger partial charge on any atom is -0.376 e. The van der Waals surface area contributed by atoms with E-state index in [1.807, 2.05) is 0 Å². The zero-order chi connectivity index (χ0) is 13.2. The summed E-state index contributed by atoms with van der Waals surface area (Å²) >= 11 is 1.77. The maximum absolute atomic E-state index is 5.96. The Hall–Kier alpha value is -0.940. The van der Waals surface area contributed by atoms with Crippen molar-refractivity contribution >= 4 is 21.4 Å². The molecule has 1 aromatic carbocycles. The van der Waals surface area contributed by atoms with Crippen LogP contribution in [-0.2, 0) is 4.74 Å². The molecule has 0 bridgehead atoms. The summed E-state index contributed by atoms with van der Waals surface area (Å²) < 4.78 is 7.28. The van der Waals surface area contributed by atoms with Crippen molar-refractivity contribution in [2.75, 3.05) is 6.61 Å². The number of rotatable bonds is 6. The molecule has 1 aliphatic rings. The van der Waals surface area contributed by atoms with Crippen molar-refractivity contribution in [3.63, 3.8) is 0 Å². The summed E-state index contributed by atoms with van der Waals surface area (Å²) in [5.41, 5.74) is 4.25. The summed E-state index contributed by atoms with van der Waals surface area (Å²) in [5, 5.41) is 3.42. The highest BCUT2D eigenvalue weighted by molar-refractivity contribution is 7.17. The highest BCUT2D eigenvalue weighted by Crippen LogP contribution is 2.41. The van der Waals surface area contributed by atoms with Crippen molar-refractivity contribution in [1.29, 1.82) is 0 Å². The minimum absolute atomic E-state index is 0.0785. The fourth-order valence-corrected chi connectivity index (χ4v) is 3.70. The molecule has 0 saturated heterocycles. The fourth-order valence-electron chi connectivity index (χ4n) is 2.74. The Morgan fingerprint density at radius 2 is 2.26 bits per heavy atom. The number of hydrogen-bond acceptors (Lipinski definition) is 4. The highest BCUT2D eigenvalue weighted by Gasteiger charge is 2.38. The lowest BCUT2D eigenvalue weighted by atomic mass is 9.97. The Labute approximate surface area is 117 Å². The molecular formula is C15H20N2OS. The number of hydrazine groups is 1. The zero-order valence-corrected chi connectivity index (χ0v) is 12.0. The maximum Gasteiger partial charge on any atom is 0.0811 e. The molecule has 3 N–H and O–H groups in total. The van der Waals surface area contributed by atoms with Crippen molar-refractivity contribution in [1.82, 2.24) is 5.43 Å². The van der Waals surface area contributed by atoms with Gasteiger partial charge in [-0.3, -0.25) is 11.3 Å². The quantitative estimate of drug-likeness (QED) is 0.629. The molecule has 1 aliphatic carbocycles. The molecule has 2 atom stereocenters. The molecule has 0 amide bonds. The number of thiophene rings is 1. The van der Waals surface area contributed by atoms with Gasteiger partial charge in [-0.05, 0) is 48.1 Å². The van der Waals surface area contributed by atoms with Crippen LogP contribution in [0.3, 0.4) is 0 Å². The molecule has 1 saturated carbocycles. The molecule has 19 heavy (non-hydrogen) atoms. The number of ether oxygens (including phenoxy) is 1. The van der Waals surface area contributed by atoms with Gasteiger partial charge < -0.3 is 4.74 Å². The van der Waals surface area contributed by atoms with Crippen LogP contribution in [0, 0.1) is 5.92 Å². The number of hydrogen-bond donors (Lipinski definition) is 2. The van der Waals surface area contributed by atoms with E-state index in [4.69, 9.17) is 10.6 Å². The van der Waals surface area contributed by atoms with Crippen LogP contribution < -0.4 is 11.3 Å². The van der Waals surface area contributed by atoms with Crippen LogP contribution in [0.2, 0.25) is 0 Å². The molecule has 3 rings (SSSR count). The normalized spacial score (nSPS) is 18.6. The van der Waals surface area contributed by atoms with Crippen LogP contribution in [0.15, 0.2) is 29.6 Å². The molecule has 102 valence electrons. The smallest absolute Gasteiger partial charge is 0.0811 e. The second-order valence-corrected chi connectivity index (χ2v) is 6.00. The summed E-state index contributed by atoms with van der Waals surface area (Å²) in [4.78, 5) is 0. The molecule has 0 aliphatic heterocycles. The topological polar surface area (TPSA) is 47.3 Å². The lowest BCUT2D eigenvalue weighted by Gasteiger charge is -2.27. The molecule has 2 aromatic rings. The van der Waals surface area contributed by atoms with Gasteiger partial charge in [-0.1, -0.05) is 18.2 Å². The molecule has 3 nitrogen and oxygen atoms in total. The molecule has 1 aromatic heterocycles. The van der Waals surface area contributed by atoms with E-state index in [1.54, 1.807) is 11.3 Å². The van der Waals surface area contributed by atoms with Gasteiger partial charge in [0.25, 0.3) is 0 Å². The predicted molar refractivity (Wildman–Crippen MR) is 80.0 cm³/mol. The van der Waals surface area contributed by atoms with Crippen molar-refractivity contribution in [3.05, 3.63) is 35.2 Å². The van der Waals surface area contributed by atoms with Crippen molar-refractivity contribution in [3.8, 4) is 0 Å². The molecule has 0 radical (unpaired) electrons. The van der Waals surface area contributed by atoms with Crippen molar-refractivity contribution in [2.24, 2.45) is 11.8 Å². The van der Waals surface area contributed by atoms with Gasteiger partial charge in [-0.25, -0.2) is 0 Å². The summed E-state index contributed by atoms with van der Waals surface area (Å²) in [7, 11) is 0. The first kappa shape index (κ1) is 13.1. The SMILES string of the molecule is CCOC(C1CC1)C(NN)c1cccc2ccsc12. The summed E-state index contributed by atoms with van der Waals surface area (Å²) in [5.74, 6) is 6.49. The van der Waals surface area contributed by atoms with Crippen molar-refractivity contribution < 1.29 is 4.74 Å². The molecule has 0 spiro atoms. The monoisotopic (exact) mass is 276 g/mol. The average molecular weight is 276 g/mol. The summed E-state index contributed by atoms with van der Waals surface area (Å²) in [6.45, 7) is 2.79. The third-order valence-electron chi connectivity index (χ3n) is 3.80. The van der Waals surface area contributed by atoms with Gasteiger partial charge in [-0.15, -0.1) is 11.3 Å². The van der Waals surface area contributed by atoms with E-state index in [9.17, 15) is 0 Å². The van der Waals surface area contributed by atoms with Crippen LogP contribution in [0.1, 0.15) is 31.4 Å². The molecule has 4 heteroatoms. The fraction of sp³-hybridized carbons (Fsp3) is 0.467. The van der Waals surface area contributed by atoms with Gasteiger partial charge in [0.1, 0.15) is 0 Å². The van der Waals surface area contributed by atoms with Crippen LogP contribution in [-0.4, -0.2) is 12.7 Å². The van der Waals surface area contributed by atoms with E-state index in [1.165, 1.54) is 28.5 Å². The summed E-state index contributed by atoms with van der Waals surface area (Å²) in [6, 6.07) is 8.65. The summed E-state index contributed by atoms with van der Waals surface area (Å²) in [6.07, 6.45) is 2.69. The van der Waals surface area contributed by atoms with E-state index >= 15 is 0 Å². The van der Waals surface area contributed by atoms with Gasteiger partial charge in [0, 0.05) is 11.3 Å². The highest BCUT2D eigenvalue weighted by atomic mass is 32.1. The van der Waals surface area contributed by atoms with E-state index in [0.29, 0.717) is 5.92 Å². The van der Waals surface area contributed by atoms with E-state index in [-0.39, 0.29) is 12.1 Å². The van der Waals surface area contributed by atoms with Gasteiger partial charge in [0.2, 0.25) is 0 Å². The first-order chi connectivity index (χ1) is 9.35. The van der Waals surface area contributed by atoms with Crippen LogP contribution in [0.5, 0.6) is 0 Å². The Morgan fingerprint density at radius 3 is 2.95 bits per heavy atom. The van der Waals surface area contributed by atoms with Crippen LogP contribution in [0.25, 0.3) is 10.1 Å². The average Bonchev–Trinajstić information content (AvgIpc) is 3.15. The first-order valence-corrected chi connectivity index (χ1v) is 7.77. The molecule has 2 unspecified atom stereocenters. The van der Waals surface area contributed by atoms with E-state index in [2.05, 4.69) is 42.0 Å². The Kier molecular flexibility index (Phi) is 3.84. The van der Waals surface area contributed by atoms with Crippen LogP contribution >= 0.6 is 11.3 Å². The Balaban J connectivity index is 1.98. The van der Waals surface area contributed by atoms with Crippen LogP contribution in [0.4, 0.5) is 0 Å². The number of fused-ring (bicyclic) bond motifs is 1. The maximum atomic E-state index is 5.96. The second-order valence-electron chi connectivity index (χ2n) is 5.09. The van der Waals surface area contributed by atoms with Gasteiger partial charge >= 0.3 is 0 Å². The molecular weight excluding hydrogens is 256 g/mol. The Bertz CT molecular complexity index is 550. The minimum atomic E-state index is 0.0785. The first-order valence-electron chi connectivity index (χ1n) is 6.89. The number of nitrogens with one attached hydrogen (secondary N) is 1. The standard InChI is InChI=1S/C15H20N2OS/c1-2-18-14(10-6-7-10)13(17-16)12-5-3-4-11-8-9-19-15(11)12/h3-5,8-10,13-14,17H,2,6-7,16H2,1H3. The lowest BCUT2D eigenvalue weighted by molar-refractivity contribution is 0.0189. The third kappa shape index (κ3) is 2.54. The second kappa shape index (κ2) is 5.59. The molecule has 1 heterocycles. The van der Waals surface area contributed by atoms with Gasteiger partial charge in [0.15, 0.2) is 0 Å². The number of nitrogens with two attached hydrogens (primary N) is 1. The predicted octanol–water partition coefficient (Wildman–Crippen LogP) is 3.22. The van der Waals surface area contributed by atoms with Crippen molar-refractivity contribution in [2.45, 2.75) is 31.9 Å².